The van der Waals surface area contributed by atoms with Gasteiger partial charge in [0.15, 0.2) is 0 Å². The fourth-order valence-corrected chi connectivity index (χ4v) is 3.31. The maximum absolute atomic E-state index is 12.0. The zero-order valence-corrected chi connectivity index (χ0v) is 13.4. The fraction of sp³-hybridized carbons (Fsp3) is 0.571. The van der Waals surface area contributed by atoms with Crippen LogP contribution < -0.4 is 4.74 Å². The third-order valence-corrected chi connectivity index (χ3v) is 5.48. The molecule has 0 radical (unpaired) electrons. The Morgan fingerprint density at radius 1 is 1.10 bits per heavy atom. The minimum atomic E-state index is -3.28. The largest absolute Gasteiger partial charge is 0.492 e. The molecule has 21 heavy (non-hydrogen) atoms. The molecule has 0 N–H and O–H groups in total. The van der Waals surface area contributed by atoms with E-state index in [1.54, 1.807) is 14.1 Å². The number of ether oxygens (including phenoxy) is 1. The van der Waals surface area contributed by atoms with Crippen molar-refractivity contribution in [2.45, 2.75) is 0 Å². The van der Waals surface area contributed by atoms with Crippen LogP contribution in [-0.2, 0) is 10.2 Å². The predicted molar refractivity (Wildman–Crippen MR) is 82.6 cm³/mol. The van der Waals surface area contributed by atoms with Crippen molar-refractivity contribution in [1.82, 2.24) is 13.5 Å². The van der Waals surface area contributed by atoms with Gasteiger partial charge < -0.3 is 4.74 Å². The SMILES string of the molecule is CN(C)S(=O)(=O)N1CCN(CCOc2ccccc2)CC1. The number of piperazine rings is 1. The number of benzene rings is 1. The van der Waals surface area contributed by atoms with Crippen LogP contribution >= 0.6 is 0 Å². The summed E-state index contributed by atoms with van der Waals surface area (Å²) < 4.78 is 32.5. The summed E-state index contributed by atoms with van der Waals surface area (Å²) >= 11 is 0. The predicted octanol–water partition coefficient (Wildman–Crippen LogP) is 0.489. The molecule has 7 heteroatoms. The van der Waals surface area contributed by atoms with Crippen LogP contribution in [0.4, 0.5) is 0 Å². The summed E-state index contributed by atoms with van der Waals surface area (Å²) in [5, 5.41) is 0. The first kappa shape index (κ1) is 16.2. The average molecular weight is 313 g/mol. The fourth-order valence-electron chi connectivity index (χ4n) is 2.22. The highest BCUT2D eigenvalue weighted by molar-refractivity contribution is 7.86. The van der Waals surface area contributed by atoms with Crippen molar-refractivity contribution in [3.05, 3.63) is 30.3 Å². The number of rotatable bonds is 6. The molecule has 1 aromatic carbocycles. The maximum atomic E-state index is 12.0. The van der Waals surface area contributed by atoms with Gasteiger partial charge >= 0.3 is 0 Å². The van der Waals surface area contributed by atoms with Gasteiger partial charge in [-0.15, -0.1) is 0 Å². The quantitative estimate of drug-likeness (QED) is 0.767. The van der Waals surface area contributed by atoms with Gasteiger partial charge in [0.1, 0.15) is 12.4 Å². The van der Waals surface area contributed by atoms with Crippen LogP contribution in [0.2, 0.25) is 0 Å². The van der Waals surface area contributed by atoms with Crippen LogP contribution in [0.3, 0.4) is 0 Å². The van der Waals surface area contributed by atoms with Gasteiger partial charge in [-0.25, -0.2) is 0 Å². The highest BCUT2D eigenvalue weighted by Crippen LogP contribution is 2.11. The van der Waals surface area contributed by atoms with Gasteiger partial charge in [-0.05, 0) is 12.1 Å². The summed E-state index contributed by atoms with van der Waals surface area (Å²) in [7, 11) is -0.148. The van der Waals surface area contributed by atoms with Crippen molar-refractivity contribution in [2.75, 3.05) is 53.4 Å². The summed E-state index contributed by atoms with van der Waals surface area (Å²) in [6.07, 6.45) is 0. The van der Waals surface area contributed by atoms with E-state index in [4.69, 9.17) is 4.74 Å². The molecule has 0 bridgehead atoms. The molecule has 1 saturated heterocycles. The van der Waals surface area contributed by atoms with Crippen LogP contribution in [0.15, 0.2) is 30.3 Å². The summed E-state index contributed by atoms with van der Waals surface area (Å²) in [6, 6.07) is 9.71. The van der Waals surface area contributed by atoms with Gasteiger partial charge in [-0.3, -0.25) is 4.90 Å². The molecule has 118 valence electrons. The van der Waals surface area contributed by atoms with E-state index in [9.17, 15) is 8.42 Å². The molecule has 1 aromatic rings. The summed E-state index contributed by atoms with van der Waals surface area (Å²) in [6.45, 7) is 3.98. The summed E-state index contributed by atoms with van der Waals surface area (Å²) in [4.78, 5) is 2.23. The van der Waals surface area contributed by atoms with E-state index in [1.165, 1.54) is 8.61 Å². The Labute approximate surface area is 127 Å². The van der Waals surface area contributed by atoms with E-state index < -0.39 is 10.2 Å². The van der Waals surface area contributed by atoms with E-state index in [2.05, 4.69) is 4.90 Å². The first-order valence-corrected chi connectivity index (χ1v) is 8.47. The number of nitrogens with zero attached hydrogens (tertiary/aromatic N) is 3. The highest BCUT2D eigenvalue weighted by Gasteiger charge is 2.28. The molecule has 1 aliphatic rings. The van der Waals surface area contributed by atoms with Crippen molar-refractivity contribution in [3.8, 4) is 5.75 Å². The Bertz CT molecular complexity index is 526. The van der Waals surface area contributed by atoms with Crippen LogP contribution in [0.25, 0.3) is 0 Å². The molecule has 0 saturated carbocycles. The lowest BCUT2D eigenvalue weighted by Gasteiger charge is -2.34. The van der Waals surface area contributed by atoms with Gasteiger partial charge in [0.2, 0.25) is 0 Å². The molecule has 0 aliphatic carbocycles. The second-order valence-electron chi connectivity index (χ2n) is 5.19. The van der Waals surface area contributed by atoms with E-state index in [-0.39, 0.29) is 0 Å². The van der Waals surface area contributed by atoms with E-state index in [0.29, 0.717) is 19.7 Å². The van der Waals surface area contributed by atoms with Gasteiger partial charge in [0, 0.05) is 46.8 Å². The second-order valence-corrected chi connectivity index (χ2v) is 7.33. The Morgan fingerprint density at radius 3 is 2.29 bits per heavy atom. The van der Waals surface area contributed by atoms with Crippen molar-refractivity contribution in [3.63, 3.8) is 0 Å². The lowest BCUT2D eigenvalue weighted by Crippen LogP contribution is -2.52. The Balaban J connectivity index is 1.72. The first-order chi connectivity index (χ1) is 10.00. The molecule has 0 aromatic heterocycles. The number of hydrogen-bond donors (Lipinski definition) is 0. The van der Waals surface area contributed by atoms with E-state index in [0.717, 1.165) is 25.4 Å². The lowest BCUT2D eigenvalue weighted by atomic mass is 10.3. The van der Waals surface area contributed by atoms with Gasteiger partial charge in [-0.2, -0.15) is 17.0 Å². The van der Waals surface area contributed by atoms with Gasteiger partial charge in [-0.1, -0.05) is 18.2 Å². The standard InChI is InChI=1S/C14H23N3O3S/c1-15(2)21(18,19)17-10-8-16(9-11-17)12-13-20-14-6-4-3-5-7-14/h3-7H,8-13H2,1-2H3. The number of hydrogen-bond acceptors (Lipinski definition) is 4. The van der Waals surface area contributed by atoms with E-state index >= 15 is 0 Å². The Morgan fingerprint density at radius 2 is 1.71 bits per heavy atom. The zero-order chi connectivity index (χ0) is 15.3. The molecule has 0 spiro atoms. The summed E-state index contributed by atoms with van der Waals surface area (Å²) in [5.41, 5.74) is 0. The molecular weight excluding hydrogens is 290 g/mol. The Hall–Kier alpha value is -1.15. The monoisotopic (exact) mass is 313 g/mol. The van der Waals surface area contributed by atoms with Crippen LogP contribution in [0.1, 0.15) is 0 Å². The molecule has 1 fully saturated rings. The zero-order valence-electron chi connectivity index (χ0n) is 12.6. The minimum absolute atomic E-state index is 0.534. The van der Waals surface area contributed by atoms with Crippen molar-refractivity contribution < 1.29 is 13.2 Å². The molecule has 0 atom stereocenters. The molecule has 2 rings (SSSR count). The van der Waals surface area contributed by atoms with Crippen LogP contribution in [-0.4, -0.2) is 75.4 Å². The van der Waals surface area contributed by atoms with Crippen molar-refractivity contribution >= 4 is 10.2 Å². The normalized spacial score (nSPS) is 18.0. The maximum Gasteiger partial charge on any atom is 0.281 e. The summed E-state index contributed by atoms with van der Waals surface area (Å²) in [5.74, 6) is 0.867. The molecule has 6 nitrogen and oxygen atoms in total. The van der Waals surface area contributed by atoms with Crippen LogP contribution in [0, 0.1) is 0 Å². The molecule has 0 unspecified atom stereocenters. The topological polar surface area (TPSA) is 53.1 Å². The van der Waals surface area contributed by atoms with E-state index in [1.807, 2.05) is 30.3 Å². The molecule has 0 amide bonds. The van der Waals surface area contributed by atoms with Gasteiger partial charge in [0.25, 0.3) is 10.2 Å². The molecule has 1 aliphatic heterocycles. The highest BCUT2D eigenvalue weighted by atomic mass is 32.2. The third kappa shape index (κ3) is 4.41. The average Bonchev–Trinajstić information content (AvgIpc) is 2.49. The lowest BCUT2D eigenvalue weighted by molar-refractivity contribution is 0.156. The minimum Gasteiger partial charge on any atom is -0.492 e. The first-order valence-electron chi connectivity index (χ1n) is 7.08. The molecule has 1 heterocycles. The smallest absolute Gasteiger partial charge is 0.281 e. The molecular formula is C14H23N3O3S. The van der Waals surface area contributed by atoms with Crippen LogP contribution in [0.5, 0.6) is 5.75 Å². The second kappa shape index (κ2) is 7.22. The van der Waals surface area contributed by atoms with Gasteiger partial charge in [0.05, 0.1) is 0 Å². The van der Waals surface area contributed by atoms with Crippen molar-refractivity contribution in [2.24, 2.45) is 0 Å². The third-order valence-electron chi connectivity index (χ3n) is 3.54. The van der Waals surface area contributed by atoms with Crippen molar-refractivity contribution in [1.29, 1.82) is 0 Å². The Kier molecular flexibility index (Phi) is 5.58. The number of para-hydroxylation sites is 1.